The van der Waals surface area contributed by atoms with Crippen molar-refractivity contribution in [2.75, 3.05) is 13.1 Å². The third-order valence-electron chi connectivity index (χ3n) is 5.12. The molecule has 0 saturated carbocycles. The first-order chi connectivity index (χ1) is 12.1. The molecular weight excluding hydrogens is 350 g/mol. The number of hydrogen-bond donors (Lipinski definition) is 1. The number of carboxylic acids is 1. The van der Waals surface area contributed by atoms with E-state index in [0.29, 0.717) is 6.54 Å². The largest absolute Gasteiger partial charge is 0.481 e. The van der Waals surface area contributed by atoms with Gasteiger partial charge in [-0.3, -0.25) is 9.69 Å². The Morgan fingerprint density at radius 1 is 1.28 bits per heavy atom. The van der Waals surface area contributed by atoms with E-state index in [1.54, 1.807) is 22.7 Å². The van der Waals surface area contributed by atoms with Crippen LogP contribution in [0.4, 0.5) is 0 Å². The van der Waals surface area contributed by atoms with Crippen molar-refractivity contribution in [2.45, 2.75) is 25.8 Å². The predicted octanol–water partition coefficient (Wildman–Crippen LogP) is 5.16. The monoisotopic (exact) mass is 371 g/mol. The molecule has 2 atom stereocenters. The van der Waals surface area contributed by atoms with Crippen molar-refractivity contribution in [3.63, 3.8) is 0 Å². The van der Waals surface area contributed by atoms with E-state index in [1.807, 2.05) is 0 Å². The summed E-state index contributed by atoms with van der Waals surface area (Å²) >= 11 is 3.56. The van der Waals surface area contributed by atoms with Crippen molar-refractivity contribution in [3.8, 4) is 0 Å². The minimum absolute atomic E-state index is 0.151. The van der Waals surface area contributed by atoms with Crippen molar-refractivity contribution < 1.29 is 9.90 Å². The number of rotatable bonds is 4. The second-order valence-corrected chi connectivity index (χ2v) is 8.59. The third-order valence-corrected chi connectivity index (χ3v) is 7.18. The molecule has 0 radical (unpaired) electrons. The summed E-state index contributed by atoms with van der Waals surface area (Å²) in [4.78, 5) is 15.3. The molecule has 3 nitrogen and oxygen atoms in total. The molecule has 0 bridgehead atoms. The van der Waals surface area contributed by atoms with Crippen molar-refractivity contribution in [2.24, 2.45) is 5.92 Å². The van der Waals surface area contributed by atoms with Crippen LogP contribution in [0.5, 0.6) is 0 Å². The van der Waals surface area contributed by atoms with E-state index in [1.165, 1.54) is 26.1 Å². The van der Waals surface area contributed by atoms with Crippen molar-refractivity contribution in [1.29, 1.82) is 0 Å². The fourth-order valence-corrected chi connectivity index (χ4v) is 5.88. The molecule has 2 aromatic heterocycles. The lowest BCUT2D eigenvalue weighted by Gasteiger charge is -2.37. The molecule has 130 valence electrons. The topological polar surface area (TPSA) is 40.5 Å². The molecule has 5 heteroatoms. The van der Waals surface area contributed by atoms with Gasteiger partial charge in [-0.15, -0.1) is 22.7 Å². The molecule has 2 unspecified atom stereocenters. The van der Waals surface area contributed by atoms with E-state index in [-0.39, 0.29) is 12.0 Å². The van der Waals surface area contributed by atoms with Gasteiger partial charge in [0, 0.05) is 16.1 Å². The van der Waals surface area contributed by atoms with E-state index in [0.717, 1.165) is 19.4 Å². The number of carboxylic acid groups (broad SMARTS) is 1. The number of piperidine rings is 1. The molecule has 1 N–H and O–H groups in total. The standard InChI is InChI=1S/C20H21NO2S2/c1-13-8-10-24-19(13)18(21-9-4-5-14(11-21)20(22)23)16-12-25-17-7-3-2-6-15(16)17/h2-3,6-8,10,12,14,18H,4-5,9,11H2,1H3,(H,22,23). The second kappa shape index (κ2) is 6.90. The molecule has 0 amide bonds. The highest BCUT2D eigenvalue weighted by atomic mass is 32.1. The van der Waals surface area contributed by atoms with Gasteiger partial charge in [-0.2, -0.15) is 0 Å². The second-order valence-electron chi connectivity index (χ2n) is 6.73. The first-order valence-corrected chi connectivity index (χ1v) is 10.4. The molecule has 1 aliphatic rings. The summed E-state index contributed by atoms with van der Waals surface area (Å²) in [7, 11) is 0. The Morgan fingerprint density at radius 3 is 2.88 bits per heavy atom. The quantitative estimate of drug-likeness (QED) is 0.689. The summed E-state index contributed by atoms with van der Waals surface area (Å²) in [5.41, 5.74) is 2.61. The van der Waals surface area contributed by atoms with Gasteiger partial charge in [0.2, 0.25) is 0 Å². The number of nitrogens with zero attached hydrogens (tertiary/aromatic N) is 1. The summed E-state index contributed by atoms with van der Waals surface area (Å²) in [6, 6.07) is 10.8. The van der Waals surface area contributed by atoms with Gasteiger partial charge in [0.15, 0.2) is 0 Å². The van der Waals surface area contributed by atoms with Crippen molar-refractivity contribution in [1.82, 2.24) is 4.90 Å². The van der Waals surface area contributed by atoms with Crippen LogP contribution in [0.15, 0.2) is 41.1 Å². The van der Waals surface area contributed by atoms with Crippen molar-refractivity contribution >= 4 is 38.7 Å². The van der Waals surface area contributed by atoms with Gasteiger partial charge in [0.25, 0.3) is 0 Å². The number of hydrogen-bond acceptors (Lipinski definition) is 4. The van der Waals surface area contributed by atoms with Crippen LogP contribution in [0, 0.1) is 12.8 Å². The average Bonchev–Trinajstić information content (AvgIpc) is 3.23. The molecule has 3 heterocycles. The maximum absolute atomic E-state index is 11.6. The van der Waals surface area contributed by atoms with E-state index >= 15 is 0 Å². The number of benzene rings is 1. The Labute approximate surface area is 155 Å². The van der Waals surface area contributed by atoms with Crippen LogP contribution in [0.1, 0.15) is 34.9 Å². The molecule has 1 fully saturated rings. The SMILES string of the molecule is Cc1ccsc1C(c1csc2ccccc12)N1CCCC(C(=O)O)C1. The number of aryl methyl sites for hydroxylation is 1. The van der Waals surface area contributed by atoms with Gasteiger partial charge in [0.05, 0.1) is 12.0 Å². The lowest BCUT2D eigenvalue weighted by molar-refractivity contribution is -0.143. The fourth-order valence-electron chi connectivity index (χ4n) is 3.82. The molecule has 25 heavy (non-hydrogen) atoms. The Kier molecular flexibility index (Phi) is 4.63. The summed E-state index contributed by atoms with van der Waals surface area (Å²) < 4.78 is 1.29. The minimum Gasteiger partial charge on any atom is -0.481 e. The molecule has 1 saturated heterocycles. The zero-order valence-corrected chi connectivity index (χ0v) is 15.8. The zero-order valence-electron chi connectivity index (χ0n) is 14.1. The van der Waals surface area contributed by atoms with Crippen LogP contribution in [0.2, 0.25) is 0 Å². The Hall–Kier alpha value is -1.69. The van der Waals surface area contributed by atoms with E-state index in [2.05, 4.69) is 52.9 Å². The Balaban J connectivity index is 1.80. The maximum atomic E-state index is 11.6. The van der Waals surface area contributed by atoms with Crippen LogP contribution >= 0.6 is 22.7 Å². The summed E-state index contributed by atoms with van der Waals surface area (Å²) in [6.45, 7) is 3.74. The normalized spacial score (nSPS) is 20.0. The highest BCUT2D eigenvalue weighted by molar-refractivity contribution is 7.17. The first-order valence-electron chi connectivity index (χ1n) is 8.62. The number of carbonyl (C=O) groups is 1. The molecule has 0 spiro atoms. The van der Waals surface area contributed by atoms with Gasteiger partial charge >= 0.3 is 5.97 Å². The van der Waals surface area contributed by atoms with Crippen LogP contribution in [0.3, 0.4) is 0 Å². The Bertz CT molecular complexity index is 898. The third kappa shape index (κ3) is 3.12. The number of aliphatic carboxylic acids is 1. The van der Waals surface area contributed by atoms with Crippen LogP contribution in [0.25, 0.3) is 10.1 Å². The zero-order chi connectivity index (χ0) is 17.4. The summed E-state index contributed by atoms with van der Waals surface area (Å²) in [6.07, 6.45) is 1.73. The van der Waals surface area contributed by atoms with Crippen LogP contribution < -0.4 is 0 Å². The van der Waals surface area contributed by atoms with Gasteiger partial charge in [0.1, 0.15) is 0 Å². The van der Waals surface area contributed by atoms with Crippen molar-refractivity contribution in [3.05, 3.63) is 57.1 Å². The highest BCUT2D eigenvalue weighted by Gasteiger charge is 2.33. The molecule has 0 aliphatic carbocycles. The minimum atomic E-state index is -0.665. The first kappa shape index (κ1) is 16.8. The Morgan fingerprint density at radius 2 is 2.12 bits per heavy atom. The molecule has 3 aromatic rings. The predicted molar refractivity (Wildman–Crippen MR) is 105 cm³/mol. The van der Waals surface area contributed by atoms with E-state index in [9.17, 15) is 9.90 Å². The van der Waals surface area contributed by atoms with Crippen LogP contribution in [-0.4, -0.2) is 29.1 Å². The number of thiophene rings is 2. The van der Waals surface area contributed by atoms with Gasteiger partial charge in [-0.25, -0.2) is 0 Å². The molecule has 1 aliphatic heterocycles. The summed E-state index contributed by atoms with van der Waals surface area (Å²) in [5, 5.41) is 15.2. The van der Waals surface area contributed by atoms with Crippen LogP contribution in [-0.2, 0) is 4.79 Å². The summed E-state index contributed by atoms with van der Waals surface area (Å²) in [5.74, 6) is -0.928. The lowest BCUT2D eigenvalue weighted by Crippen LogP contribution is -2.41. The maximum Gasteiger partial charge on any atom is 0.307 e. The molecule has 1 aromatic carbocycles. The smallest absolute Gasteiger partial charge is 0.307 e. The number of likely N-dealkylation sites (tertiary alicyclic amines) is 1. The van der Waals surface area contributed by atoms with E-state index < -0.39 is 5.97 Å². The highest BCUT2D eigenvalue weighted by Crippen LogP contribution is 2.41. The average molecular weight is 372 g/mol. The number of fused-ring (bicyclic) bond motifs is 1. The van der Waals surface area contributed by atoms with Gasteiger partial charge in [-0.1, -0.05) is 18.2 Å². The lowest BCUT2D eigenvalue weighted by atomic mass is 9.93. The van der Waals surface area contributed by atoms with Gasteiger partial charge in [-0.05, 0) is 65.7 Å². The molecular formula is C20H21NO2S2. The van der Waals surface area contributed by atoms with E-state index in [4.69, 9.17) is 0 Å². The molecule has 4 rings (SSSR count). The van der Waals surface area contributed by atoms with Gasteiger partial charge < -0.3 is 5.11 Å². The fraction of sp³-hybridized carbons (Fsp3) is 0.350.